The summed E-state index contributed by atoms with van der Waals surface area (Å²) in [5.74, 6) is 0.589. The van der Waals surface area contributed by atoms with Crippen molar-refractivity contribution >= 4 is 29.8 Å². The normalized spacial score (nSPS) is 13.2. The zero-order valence-corrected chi connectivity index (χ0v) is 82.4. The van der Waals surface area contributed by atoms with Crippen LogP contribution >= 0.6 is 0 Å². The predicted molar refractivity (Wildman–Crippen MR) is 567 cm³/mol. The van der Waals surface area contributed by atoms with E-state index in [4.69, 9.17) is 14.2 Å². The van der Waals surface area contributed by atoms with Gasteiger partial charge in [-0.3, -0.25) is 0 Å². The van der Waals surface area contributed by atoms with Gasteiger partial charge in [0.05, 0.1) is 45.7 Å². The Balaban J connectivity index is 0.000000157. The summed E-state index contributed by atoms with van der Waals surface area (Å²) in [5.41, 5.74) is 28.9. The second-order valence-electron chi connectivity index (χ2n) is 36.4. The third-order valence-corrected chi connectivity index (χ3v) is 27.3. The number of rotatable bonds is 26. The lowest BCUT2D eigenvalue weighted by Gasteiger charge is -2.45. The average Bonchev–Trinajstić information content (AvgIpc) is 0.741. The summed E-state index contributed by atoms with van der Waals surface area (Å²) in [6.07, 6.45) is 23.6. The first kappa shape index (κ1) is 103. The minimum atomic E-state index is -0.541. The van der Waals surface area contributed by atoms with Gasteiger partial charge in [-0.05, 0) is 230 Å². The molecular weight excluding hydrogens is 1710 g/mol. The molecule has 0 heterocycles. The molecule has 0 atom stereocenters. The number of ether oxygens (including phenoxy) is 6. The molecule has 0 unspecified atom stereocenters. The molecule has 0 amide bonds. The number of benzene rings is 14. The molecule has 0 bridgehead atoms. The second kappa shape index (κ2) is 52.1. The SMILES string of the molecule is C=CC(=O)OC.C=CC(=O)OCCCOc1ccc(C(=O)OC)cc1.C=CC(=O)Oc1ccc(C(=O)OC)cc1.Cc1ccc(C(c2ccc(C)cc2)(c2ccc(-c3ccccc3)cc2)C2CCCCC2)cc1.Cc1ccc(C(c2ccc(C)cc2)(c2ccc(-c3ccccc3)cc2)C2CCCCC2)cc1.Cc1ccc(C(c2ccc(C)cc2)(c2ccc(-c3ccccc3)cc2)C2CCCCC2)cc1. The smallest absolute Gasteiger partial charge is 0.337 e. The first-order chi connectivity index (χ1) is 67.7. The van der Waals surface area contributed by atoms with Gasteiger partial charge in [-0.15, -0.1) is 0 Å². The maximum Gasteiger partial charge on any atom is 0.337 e. The van der Waals surface area contributed by atoms with Gasteiger partial charge in [0.15, 0.2) is 0 Å². The Labute approximate surface area is 825 Å². The number of hydrogen-bond donors (Lipinski definition) is 0. The van der Waals surface area contributed by atoms with Crippen LogP contribution in [-0.2, 0) is 49.6 Å². The zero-order chi connectivity index (χ0) is 98.4. The molecule has 14 aromatic carbocycles. The van der Waals surface area contributed by atoms with Crippen molar-refractivity contribution in [1.29, 1.82) is 0 Å². The number of hydrogen-bond acceptors (Lipinski definition) is 11. The van der Waals surface area contributed by atoms with Gasteiger partial charge in [0.1, 0.15) is 11.5 Å². The molecule has 0 aliphatic heterocycles. The van der Waals surface area contributed by atoms with Gasteiger partial charge in [-0.25, -0.2) is 24.0 Å². The van der Waals surface area contributed by atoms with E-state index in [0.29, 0.717) is 53.4 Å². The highest BCUT2D eigenvalue weighted by Crippen LogP contribution is 2.55. The van der Waals surface area contributed by atoms with Crippen LogP contribution in [0.25, 0.3) is 33.4 Å². The van der Waals surface area contributed by atoms with E-state index in [2.05, 4.69) is 385 Å². The number of carbonyl (C=O) groups is 5. The van der Waals surface area contributed by atoms with Crippen LogP contribution < -0.4 is 9.47 Å². The fourth-order valence-electron chi connectivity index (χ4n) is 20.1. The second-order valence-corrected chi connectivity index (χ2v) is 36.4. The van der Waals surface area contributed by atoms with E-state index in [1.807, 2.05) is 0 Å². The lowest BCUT2D eigenvalue weighted by molar-refractivity contribution is -0.138. The van der Waals surface area contributed by atoms with Crippen molar-refractivity contribution in [2.24, 2.45) is 17.8 Å². The Kier molecular flexibility index (Phi) is 38.8. The van der Waals surface area contributed by atoms with E-state index in [-0.39, 0.29) is 28.8 Å². The van der Waals surface area contributed by atoms with Gasteiger partial charge in [0.2, 0.25) is 0 Å². The summed E-state index contributed by atoms with van der Waals surface area (Å²) in [5, 5.41) is 0. The van der Waals surface area contributed by atoms with Crippen LogP contribution in [0.4, 0.5) is 0 Å². The van der Waals surface area contributed by atoms with Gasteiger partial charge < -0.3 is 28.4 Å². The number of methoxy groups -OCH3 is 3. The lowest BCUT2D eigenvalue weighted by atomic mass is 9.58. The largest absolute Gasteiger partial charge is 0.493 e. The molecular formula is C128H134O11. The first-order valence-electron chi connectivity index (χ1n) is 48.9. The highest BCUT2D eigenvalue weighted by molar-refractivity contribution is 5.90. The Morgan fingerprint density at radius 2 is 0.489 bits per heavy atom. The summed E-state index contributed by atoms with van der Waals surface area (Å²) in [6.45, 7) is 23.5. The Hall–Kier alpha value is -14.6. The van der Waals surface area contributed by atoms with Gasteiger partial charge in [0, 0.05) is 40.9 Å². The van der Waals surface area contributed by atoms with Crippen molar-refractivity contribution in [2.45, 2.75) is 161 Å². The molecule has 3 aliphatic rings. The van der Waals surface area contributed by atoms with Crippen LogP contribution in [-0.4, -0.2) is 64.4 Å². The molecule has 0 saturated heterocycles. The Bertz CT molecular complexity index is 5570. The van der Waals surface area contributed by atoms with Crippen LogP contribution in [0.3, 0.4) is 0 Å². The molecule has 11 heteroatoms. The van der Waals surface area contributed by atoms with E-state index in [0.717, 1.165) is 18.2 Å². The summed E-state index contributed by atoms with van der Waals surface area (Å²) in [7, 11) is 3.94. The molecule has 0 spiro atoms. The molecule has 0 radical (unpaired) electrons. The molecule has 3 fully saturated rings. The van der Waals surface area contributed by atoms with Crippen LogP contribution in [0.1, 0.15) is 207 Å². The fraction of sp³-hybridized carbons (Fsp3) is 0.258. The number of aryl methyl sites for hydroxylation is 6. The number of esters is 5. The van der Waals surface area contributed by atoms with Crippen LogP contribution in [0.15, 0.2) is 396 Å². The summed E-state index contributed by atoms with van der Waals surface area (Å²) < 4.78 is 28.3. The highest BCUT2D eigenvalue weighted by Gasteiger charge is 2.47. The zero-order valence-electron chi connectivity index (χ0n) is 82.4. The molecule has 3 saturated carbocycles. The molecule has 14 aromatic rings. The molecule has 0 N–H and O–H groups in total. The van der Waals surface area contributed by atoms with Gasteiger partial charge in [0.25, 0.3) is 0 Å². The van der Waals surface area contributed by atoms with Crippen molar-refractivity contribution in [2.75, 3.05) is 34.5 Å². The van der Waals surface area contributed by atoms with E-state index in [9.17, 15) is 24.0 Å². The van der Waals surface area contributed by atoms with Gasteiger partial charge >= 0.3 is 29.8 Å². The van der Waals surface area contributed by atoms with Crippen LogP contribution in [0, 0.1) is 59.3 Å². The van der Waals surface area contributed by atoms with Crippen molar-refractivity contribution in [3.05, 3.63) is 490 Å². The topological polar surface area (TPSA) is 141 Å². The molecule has 0 aromatic heterocycles. The third-order valence-electron chi connectivity index (χ3n) is 27.3. The maximum atomic E-state index is 11.2. The van der Waals surface area contributed by atoms with Crippen molar-refractivity contribution < 1.29 is 52.4 Å². The van der Waals surface area contributed by atoms with Gasteiger partial charge in [-0.2, -0.15) is 0 Å². The van der Waals surface area contributed by atoms with Crippen molar-refractivity contribution in [3.8, 4) is 44.9 Å². The van der Waals surface area contributed by atoms with Crippen LogP contribution in [0.5, 0.6) is 11.5 Å². The van der Waals surface area contributed by atoms with Crippen molar-refractivity contribution in [1.82, 2.24) is 0 Å². The minimum Gasteiger partial charge on any atom is -0.493 e. The molecule has 3 aliphatic carbocycles. The van der Waals surface area contributed by atoms with E-state index < -0.39 is 23.9 Å². The van der Waals surface area contributed by atoms with Crippen molar-refractivity contribution in [3.63, 3.8) is 0 Å². The fourth-order valence-corrected chi connectivity index (χ4v) is 20.1. The van der Waals surface area contributed by atoms with E-state index >= 15 is 0 Å². The third kappa shape index (κ3) is 27.1. The van der Waals surface area contributed by atoms with E-state index in [1.165, 1.54) is 259 Å². The van der Waals surface area contributed by atoms with Gasteiger partial charge in [-0.1, -0.05) is 420 Å². The molecule has 712 valence electrons. The minimum absolute atomic E-state index is 0.128. The maximum absolute atomic E-state index is 11.2. The lowest BCUT2D eigenvalue weighted by Crippen LogP contribution is -2.39. The van der Waals surface area contributed by atoms with Crippen LogP contribution in [0.2, 0.25) is 0 Å². The monoisotopic (exact) mass is 1850 g/mol. The number of carbonyl (C=O) groups excluding carboxylic acids is 5. The summed E-state index contributed by atoms with van der Waals surface area (Å²) in [4.78, 5) is 53.7. The highest BCUT2D eigenvalue weighted by atomic mass is 16.5. The Morgan fingerprint density at radius 1 is 0.259 bits per heavy atom. The first-order valence-corrected chi connectivity index (χ1v) is 48.9. The molecule has 17 rings (SSSR count). The Morgan fingerprint density at radius 3 is 0.712 bits per heavy atom. The molecule has 11 nitrogen and oxygen atoms in total. The molecule has 139 heavy (non-hydrogen) atoms. The quantitative estimate of drug-likeness (QED) is 0.0128. The average molecular weight is 1850 g/mol. The predicted octanol–water partition coefficient (Wildman–Crippen LogP) is 30.5. The van der Waals surface area contributed by atoms with E-state index in [1.54, 1.807) is 24.3 Å². The summed E-state index contributed by atoms with van der Waals surface area (Å²) in [6, 6.07) is 129. The standard InChI is InChI=1S/3C33H34.C14H16O5.C11H10O4.C4H6O2/c3*1-25-13-19-30(20-14-25)33(29-11-7-4-8-12-29,31-21-15-26(2)16-22-31)32-23-17-28(18-24-32)27-9-5-3-6-10-27;1-3-13(15)19-10-4-9-18-12-7-5-11(6-8-12)14(16)17-2;1-3-10(12)15-9-6-4-8(5-7-9)11(13)14-2;1-3-4(5)6-2/h3*3,5-6,9-10,13-24,29H,4,7-8,11-12H2,1-2H3;3,5-8H,1,4,9-10H2,2H3;3-7H,1H2,2H3;3H,1H2,2H3. The summed E-state index contributed by atoms with van der Waals surface area (Å²) >= 11 is 0.